The molecule has 1 amide bonds. The lowest BCUT2D eigenvalue weighted by molar-refractivity contribution is 0.0867. The van der Waals surface area contributed by atoms with Crippen LogP contribution in [0, 0.1) is 3.57 Å². The molecule has 2 rings (SSSR count). The first-order valence-electron chi connectivity index (χ1n) is 6.00. The average molecular weight is 424 g/mol. The number of hydrogen-bond acceptors (Lipinski definition) is 2. The molecule has 0 spiro atoms. The number of rotatable bonds is 2. The zero-order valence-electron chi connectivity index (χ0n) is 9.83. The van der Waals surface area contributed by atoms with Crippen LogP contribution in [0.3, 0.4) is 0 Å². The van der Waals surface area contributed by atoms with Crippen molar-refractivity contribution in [1.82, 2.24) is 5.32 Å². The van der Waals surface area contributed by atoms with E-state index in [0.717, 1.165) is 33.7 Å². The van der Waals surface area contributed by atoms with Gasteiger partial charge in [-0.2, -0.15) is 0 Å². The maximum atomic E-state index is 12.2. The molecule has 0 atom stereocenters. The van der Waals surface area contributed by atoms with Crippen LogP contribution in [-0.2, 0) is 0 Å². The molecule has 0 bridgehead atoms. The summed E-state index contributed by atoms with van der Waals surface area (Å²) < 4.78 is 1.86. The number of nitrogens with one attached hydrogen (secondary N) is 1. The smallest absolute Gasteiger partial charge is 0.252 e. The Balaban J connectivity index is 2.01. The highest BCUT2D eigenvalue weighted by molar-refractivity contribution is 14.1. The Hall–Kier alpha value is -0.140. The number of aliphatic hydroxyl groups excluding tert-OH is 1. The number of hydrogen-bond donors (Lipinski definition) is 2. The molecule has 5 heteroatoms. The number of carbonyl (C=O) groups excluding carboxylic acids is 1. The van der Waals surface area contributed by atoms with E-state index in [9.17, 15) is 9.90 Å². The van der Waals surface area contributed by atoms with Crippen molar-refractivity contribution in [2.24, 2.45) is 0 Å². The lowest BCUT2D eigenvalue weighted by Gasteiger charge is -2.26. The van der Waals surface area contributed by atoms with Crippen molar-refractivity contribution in [2.75, 3.05) is 0 Å². The van der Waals surface area contributed by atoms with Crippen molar-refractivity contribution < 1.29 is 9.90 Å². The van der Waals surface area contributed by atoms with E-state index in [-0.39, 0.29) is 18.1 Å². The Morgan fingerprint density at radius 2 is 2.00 bits per heavy atom. The minimum Gasteiger partial charge on any atom is -0.393 e. The first kappa shape index (κ1) is 14.3. The maximum Gasteiger partial charge on any atom is 0.252 e. The summed E-state index contributed by atoms with van der Waals surface area (Å²) in [5, 5.41) is 12.5. The molecule has 1 saturated carbocycles. The number of aliphatic hydroxyl groups is 1. The first-order valence-corrected chi connectivity index (χ1v) is 7.87. The Labute approximate surface area is 129 Å². The molecule has 0 aliphatic heterocycles. The van der Waals surface area contributed by atoms with Crippen LogP contribution < -0.4 is 5.32 Å². The third-order valence-electron chi connectivity index (χ3n) is 3.20. The quantitative estimate of drug-likeness (QED) is 0.718. The van der Waals surface area contributed by atoms with Crippen molar-refractivity contribution in [3.05, 3.63) is 31.8 Å². The summed E-state index contributed by atoms with van der Waals surface area (Å²) >= 11 is 5.55. The number of amides is 1. The van der Waals surface area contributed by atoms with E-state index in [2.05, 4.69) is 43.8 Å². The van der Waals surface area contributed by atoms with E-state index in [1.165, 1.54) is 0 Å². The van der Waals surface area contributed by atoms with Gasteiger partial charge >= 0.3 is 0 Å². The molecule has 3 nitrogen and oxygen atoms in total. The minimum atomic E-state index is -0.191. The summed E-state index contributed by atoms with van der Waals surface area (Å²) in [7, 11) is 0. The molecule has 18 heavy (non-hydrogen) atoms. The highest BCUT2D eigenvalue weighted by atomic mass is 127. The van der Waals surface area contributed by atoms with Gasteiger partial charge in [0.1, 0.15) is 0 Å². The van der Waals surface area contributed by atoms with Gasteiger partial charge in [0, 0.05) is 14.1 Å². The predicted molar refractivity (Wildman–Crippen MR) is 82.6 cm³/mol. The lowest BCUT2D eigenvalue weighted by Crippen LogP contribution is -2.38. The molecule has 0 radical (unpaired) electrons. The van der Waals surface area contributed by atoms with Gasteiger partial charge in [0.25, 0.3) is 5.91 Å². The first-order chi connectivity index (χ1) is 8.56. The summed E-state index contributed by atoms with van der Waals surface area (Å²) in [6.07, 6.45) is 3.08. The Kier molecular flexibility index (Phi) is 5.03. The molecule has 0 heterocycles. The van der Waals surface area contributed by atoms with Crippen LogP contribution in [0.1, 0.15) is 36.0 Å². The second kappa shape index (κ2) is 6.34. The molecule has 0 aromatic heterocycles. The van der Waals surface area contributed by atoms with E-state index in [0.29, 0.717) is 5.56 Å². The zero-order chi connectivity index (χ0) is 13.1. The van der Waals surface area contributed by atoms with Crippen molar-refractivity contribution in [3.8, 4) is 0 Å². The van der Waals surface area contributed by atoms with Crippen LogP contribution in [0.4, 0.5) is 0 Å². The standard InChI is InChI=1S/C13H15BrINO2/c14-8-1-6-12(15)11(7-8)13(18)16-9-2-4-10(17)5-3-9/h1,6-7,9-10,17H,2-5H2,(H,16,18). The number of benzene rings is 1. The van der Waals surface area contributed by atoms with Crippen molar-refractivity contribution in [2.45, 2.75) is 37.8 Å². The normalized spacial score (nSPS) is 23.7. The molecule has 1 aliphatic carbocycles. The maximum absolute atomic E-state index is 12.2. The minimum absolute atomic E-state index is 0.0258. The monoisotopic (exact) mass is 423 g/mol. The van der Waals surface area contributed by atoms with E-state index >= 15 is 0 Å². The largest absolute Gasteiger partial charge is 0.393 e. The topological polar surface area (TPSA) is 49.3 Å². The van der Waals surface area contributed by atoms with Crippen LogP contribution >= 0.6 is 38.5 Å². The SMILES string of the molecule is O=C(NC1CCC(O)CC1)c1cc(Br)ccc1I. The molecule has 1 aliphatic rings. The molecule has 1 fully saturated rings. The zero-order valence-corrected chi connectivity index (χ0v) is 13.6. The van der Waals surface area contributed by atoms with Gasteiger partial charge < -0.3 is 10.4 Å². The number of halogens is 2. The van der Waals surface area contributed by atoms with Gasteiger partial charge in [-0.3, -0.25) is 4.79 Å². The van der Waals surface area contributed by atoms with E-state index in [1.54, 1.807) is 0 Å². The van der Waals surface area contributed by atoms with Gasteiger partial charge in [-0.1, -0.05) is 15.9 Å². The van der Waals surface area contributed by atoms with Crippen molar-refractivity contribution in [3.63, 3.8) is 0 Å². The second-order valence-corrected chi connectivity index (χ2v) is 6.68. The molecule has 0 unspecified atom stereocenters. The Morgan fingerprint density at radius 1 is 1.33 bits per heavy atom. The van der Waals surface area contributed by atoms with Crippen LogP contribution in [0.2, 0.25) is 0 Å². The third kappa shape index (κ3) is 3.68. The Bertz CT molecular complexity index is 445. The lowest BCUT2D eigenvalue weighted by atomic mass is 9.93. The van der Waals surface area contributed by atoms with Crippen LogP contribution in [0.25, 0.3) is 0 Å². The molecule has 1 aromatic carbocycles. The molecule has 2 N–H and O–H groups in total. The summed E-state index contributed by atoms with van der Waals surface area (Å²) in [5.74, 6) is -0.0258. The molecule has 0 saturated heterocycles. The van der Waals surface area contributed by atoms with E-state index < -0.39 is 0 Å². The summed E-state index contributed by atoms with van der Waals surface area (Å²) in [4.78, 5) is 12.2. The summed E-state index contributed by atoms with van der Waals surface area (Å²) in [6.45, 7) is 0. The Morgan fingerprint density at radius 3 is 2.67 bits per heavy atom. The fourth-order valence-electron chi connectivity index (χ4n) is 2.15. The average Bonchev–Trinajstić information content (AvgIpc) is 2.35. The van der Waals surface area contributed by atoms with Gasteiger partial charge in [0.2, 0.25) is 0 Å². The highest BCUT2D eigenvalue weighted by Crippen LogP contribution is 2.21. The molecule has 1 aromatic rings. The van der Waals surface area contributed by atoms with Crippen molar-refractivity contribution >= 4 is 44.4 Å². The van der Waals surface area contributed by atoms with Gasteiger partial charge in [-0.05, 0) is 66.5 Å². The van der Waals surface area contributed by atoms with Crippen LogP contribution in [-0.4, -0.2) is 23.2 Å². The van der Waals surface area contributed by atoms with Gasteiger partial charge in [0.05, 0.1) is 11.7 Å². The van der Waals surface area contributed by atoms with Gasteiger partial charge in [-0.25, -0.2) is 0 Å². The van der Waals surface area contributed by atoms with E-state index in [4.69, 9.17) is 0 Å². The summed E-state index contributed by atoms with van der Waals surface area (Å²) in [5.41, 5.74) is 0.705. The molecular formula is C13H15BrINO2. The molecule has 98 valence electrons. The summed E-state index contributed by atoms with van der Waals surface area (Å²) in [6, 6.07) is 5.88. The van der Waals surface area contributed by atoms with Gasteiger partial charge in [0.15, 0.2) is 0 Å². The fraction of sp³-hybridized carbons (Fsp3) is 0.462. The van der Waals surface area contributed by atoms with Gasteiger partial charge in [-0.15, -0.1) is 0 Å². The second-order valence-electron chi connectivity index (χ2n) is 4.60. The van der Waals surface area contributed by atoms with Crippen LogP contribution in [0.5, 0.6) is 0 Å². The number of carbonyl (C=O) groups is 1. The third-order valence-corrected chi connectivity index (χ3v) is 4.64. The van der Waals surface area contributed by atoms with E-state index in [1.807, 2.05) is 18.2 Å². The van der Waals surface area contributed by atoms with Crippen LogP contribution in [0.15, 0.2) is 22.7 Å². The predicted octanol–water partition coefficient (Wildman–Crippen LogP) is 3.09. The molecular weight excluding hydrogens is 409 g/mol. The fourth-order valence-corrected chi connectivity index (χ4v) is 3.10. The highest BCUT2D eigenvalue weighted by Gasteiger charge is 2.22. The van der Waals surface area contributed by atoms with Crippen molar-refractivity contribution in [1.29, 1.82) is 0 Å².